The summed E-state index contributed by atoms with van der Waals surface area (Å²) in [4.78, 5) is 0. The molecule has 1 aliphatic rings. The van der Waals surface area contributed by atoms with Crippen molar-refractivity contribution in [1.82, 2.24) is 0 Å². The number of rotatable bonds is 2. The highest BCUT2D eigenvalue weighted by Crippen LogP contribution is 2.45. The van der Waals surface area contributed by atoms with Gasteiger partial charge in [-0.25, -0.2) is 0 Å². The largest absolute Gasteiger partial charge is 0.497 e. The molecule has 0 radical (unpaired) electrons. The van der Waals surface area contributed by atoms with Crippen LogP contribution in [0.5, 0.6) is 5.75 Å². The van der Waals surface area contributed by atoms with Gasteiger partial charge in [-0.05, 0) is 51.6 Å². The Balaban J connectivity index is 1.92. The summed E-state index contributed by atoms with van der Waals surface area (Å²) in [6.45, 7) is 0. The van der Waals surface area contributed by atoms with E-state index in [1.165, 1.54) is 27.8 Å². The molecule has 0 heterocycles. The fraction of sp³-hybridized carbons (Fsp3) is 0.0476. The van der Waals surface area contributed by atoms with Gasteiger partial charge < -0.3 is 4.74 Å². The molecule has 0 bridgehead atoms. The standard InChI is InChI=1S/C21H15BrO/c1-23-15-11-10-14(21(22)13-15)12-20-18-8-4-2-6-16(18)17-7-3-5-9-19(17)20/h2-13H,1H3. The second-order valence-corrected chi connectivity index (χ2v) is 6.39. The summed E-state index contributed by atoms with van der Waals surface area (Å²) in [5.74, 6) is 0.853. The van der Waals surface area contributed by atoms with Crippen LogP contribution in [-0.4, -0.2) is 7.11 Å². The predicted molar refractivity (Wildman–Crippen MR) is 99.5 cm³/mol. The zero-order chi connectivity index (χ0) is 15.8. The van der Waals surface area contributed by atoms with E-state index in [1.807, 2.05) is 12.1 Å². The number of ether oxygens (including phenoxy) is 1. The molecule has 0 aliphatic heterocycles. The third-order valence-electron chi connectivity index (χ3n) is 4.23. The minimum Gasteiger partial charge on any atom is -0.497 e. The summed E-state index contributed by atoms with van der Waals surface area (Å²) in [7, 11) is 1.68. The van der Waals surface area contributed by atoms with E-state index >= 15 is 0 Å². The fourth-order valence-electron chi connectivity index (χ4n) is 3.11. The Morgan fingerprint density at radius 3 is 1.87 bits per heavy atom. The molecule has 0 saturated heterocycles. The van der Waals surface area contributed by atoms with Gasteiger partial charge in [0.05, 0.1) is 7.11 Å². The van der Waals surface area contributed by atoms with Crippen molar-refractivity contribution >= 4 is 27.6 Å². The number of fused-ring (bicyclic) bond motifs is 3. The van der Waals surface area contributed by atoms with E-state index in [-0.39, 0.29) is 0 Å². The van der Waals surface area contributed by atoms with Crippen molar-refractivity contribution in [3.05, 3.63) is 87.9 Å². The van der Waals surface area contributed by atoms with Crippen LogP contribution in [0.15, 0.2) is 71.2 Å². The number of benzene rings is 3. The Bertz CT molecular complexity index is 877. The lowest BCUT2D eigenvalue weighted by Crippen LogP contribution is -1.86. The quantitative estimate of drug-likeness (QED) is 0.423. The second kappa shape index (κ2) is 5.71. The lowest BCUT2D eigenvalue weighted by atomic mass is 10.0. The van der Waals surface area contributed by atoms with Gasteiger partial charge in [-0.15, -0.1) is 0 Å². The normalized spacial score (nSPS) is 11.8. The summed E-state index contributed by atoms with van der Waals surface area (Å²) in [6, 6.07) is 23.2. The van der Waals surface area contributed by atoms with Gasteiger partial charge in [0, 0.05) is 4.47 Å². The first-order valence-electron chi connectivity index (χ1n) is 7.52. The van der Waals surface area contributed by atoms with Crippen LogP contribution in [0.2, 0.25) is 0 Å². The number of methoxy groups -OCH3 is 1. The first-order valence-corrected chi connectivity index (χ1v) is 8.31. The first-order chi connectivity index (χ1) is 11.3. The first kappa shape index (κ1) is 14.3. The Morgan fingerprint density at radius 1 is 0.783 bits per heavy atom. The molecular formula is C21H15BrO. The van der Waals surface area contributed by atoms with Gasteiger partial charge in [-0.2, -0.15) is 0 Å². The lowest BCUT2D eigenvalue weighted by molar-refractivity contribution is 0.414. The smallest absolute Gasteiger partial charge is 0.120 e. The molecule has 23 heavy (non-hydrogen) atoms. The van der Waals surface area contributed by atoms with Crippen LogP contribution in [0, 0.1) is 0 Å². The van der Waals surface area contributed by atoms with Gasteiger partial charge >= 0.3 is 0 Å². The van der Waals surface area contributed by atoms with E-state index in [4.69, 9.17) is 4.74 Å². The zero-order valence-corrected chi connectivity index (χ0v) is 14.3. The van der Waals surface area contributed by atoms with Crippen LogP contribution in [0.25, 0.3) is 22.8 Å². The molecule has 0 spiro atoms. The van der Waals surface area contributed by atoms with E-state index in [2.05, 4.69) is 76.6 Å². The molecule has 3 aromatic carbocycles. The molecule has 2 heteroatoms. The van der Waals surface area contributed by atoms with Gasteiger partial charge in [-0.3, -0.25) is 0 Å². The van der Waals surface area contributed by atoms with E-state index in [0.29, 0.717) is 0 Å². The maximum atomic E-state index is 5.28. The van der Waals surface area contributed by atoms with Gasteiger partial charge in [0.1, 0.15) is 5.75 Å². The molecule has 0 N–H and O–H groups in total. The van der Waals surface area contributed by atoms with Crippen LogP contribution < -0.4 is 4.74 Å². The van der Waals surface area contributed by atoms with Crippen molar-refractivity contribution in [1.29, 1.82) is 0 Å². The second-order valence-electron chi connectivity index (χ2n) is 5.54. The molecule has 1 nitrogen and oxygen atoms in total. The van der Waals surface area contributed by atoms with Crippen LogP contribution in [0.4, 0.5) is 0 Å². The van der Waals surface area contributed by atoms with Crippen LogP contribution in [0.3, 0.4) is 0 Å². The Kier molecular flexibility index (Phi) is 3.55. The molecule has 1 aliphatic carbocycles. The van der Waals surface area contributed by atoms with E-state index in [1.54, 1.807) is 7.11 Å². The molecule has 112 valence electrons. The van der Waals surface area contributed by atoms with E-state index in [9.17, 15) is 0 Å². The van der Waals surface area contributed by atoms with Crippen LogP contribution in [-0.2, 0) is 0 Å². The maximum Gasteiger partial charge on any atom is 0.120 e. The summed E-state index contributed by atoms with van der Waals surface area (Å²) in [6.07, 6.45) is 2.24. The van der Waals surface area contributed by atoms with Crippen molar-refractivity contribution < 1.29 is 4.74 Å². The molecule has 0 aromatic heterocycles. The van der Waals surface area contributed by atoms with Gasteiger partial charge in [0.25, 0.3) is 0 Å². The average molecular weight is 363 g/mol. The summed E-state index contributed by atoms with van der Waals surface area (Å²) in [5.41, 5.74) is 7.60. The molecule has 0 unspecified atom stereocenters. The highest BCUT2D eigenvalue weighted by Gasteiger charge is 2.22. The van der Waals surface area contributed by atoms with Gasteiger partial charge in [-0.1, -0.05) is 70.5 Å². The fourth-order valence-corrected chi connectivity index (χ4v) is 3.59. The maximum absolute atomic E-state index is 5.28. The van der Waals surface area contributed by atoms with E-state index in [0.717, 1.165) is 15.8 Å². The monoisotopic (exact) mass is 362 g/mol. The van der Waals surface area contributed by atoms with Crippen molar-refractivity contribution in [3.8, 4) is 16.9 Å². The Labute approximate surface area is 144 Å². The third kappa shape index (κ3) is 2.40. The van der Waals surface area contributed by atoms with Crippen LogP contribution in [0.1, 0.15) is 16.7 Å². The number of halogens is 1. The minimum absolute atomic E-state index is 0.853. The van der Waals surface area contributed by atoms with Crippen LogP contribution >= 0.6 is 15.9 Å². The van der Waals surface area contributed by atoms with Gasteiger partial charge in [0.15, 0.2) is 0 Å². The summed E-state index contributed by atoms with van der Waals surface area (Å²) in [5, 5.41) is 0. The predicted octanol–water partition coefficient (Wildman–Crippen LogP) is 6.03. The molecule has 0 amide bonds. The van der Waals surface area contributed by atoms with Crippen molar-refractivity contribution in [2.45, 2.75) is 0 Å². The molecule has 0 atom stereocenters. The highest BCUT2D eigenvalue weighted by molar-refractivity contribution is 9.10. The van der Waals surface area contributed by atoms with E-state index < -0.39 is 0 Å². The SMILES string of the molecule is COc1ccc(C=C2c3ccccc3-c3ccccc32)c(Br)c1. The zero-order valence-electron chi connectivity index (χ0n) is 12.7. The summed E-state index contributed by atoms with van der Waals surface area (Å²) < 4.78 is 6.32. The number of hydrogen-bond acceptors (Lipinski definition) is 1. The average Bonchev–Trinajstić information content (AvgIpc) is 2.91. The lowest BCUT2D eigenvalue weighted by Gasteiger charge is -2.06. The molecular weight excluding hydrogens is 348 g/mol. The Hall–Kier alpha value is -2.32. The van der Waals surface area contributed by atoms with Crippen molar-refractivity contribution in [2.24, 2.45) is 0 Å². The van der Waals surface area contributed by atoms with Crippen molar-refractivity contribution in [2.75, 3.05) is 7.11 Å². The van der Waals surface area contributed by atoms with Gasteiger partial charge in [0.2, 0.25) is 0 Å². The Morgan fingerprint density at radius 2 is 1.35 bits per heavy atom. The molecule has 0 saturated carbocycles. The third-order valence-corrected chi connectivity index (χ3v) is 4.92. The minimum atomic E-state index is 0.853. The summed E-state index contributed by atoms with van der Waals surface area (Å²) >= 11 is 3.65. The molecule has 3 aromatic rings. The highest BCUT2D eigenvalue weighted by atomic mass is 79.9. The molecule has 0 fully saturated rings. The van der Waals surface area contributed by atoms with Crippen molar-refractivity contribution in [3.63, 3.8) is 0 Å². The molecule has 4 rings (SSSR count). The number of hydrogen-bond donors (Lipinski definition) is 0. The topological polar surface area (TPSA) is 9.23 Å².